The maximum Gasteiger partial charge on any atom is 0.155 e. The van der Waals surface area contributed by atoms with E-state index in [1.807, 2.05) is 30.3 Å². The van der Waals surface area contributed by atoms with Crippen LogP contribution in [0.3, 0.4) is 0 Å². The zero-order valence-corrected chi connectivity index (χ0v) is 11.1. The van der Waals surface area contributed by atoms with Crippen molar-refractivity contribution in [1.82, 2.24) is 9.97 Å². The molecular weight excluding hydrogens is 270 g/mol. The topological polar surface area (TPSA) is 62.8 Å². The summed E-state index contributed by atoms with van der Waals surface area (Å²) in [7, 11) is 0. The van der Waals surface area contributed by atoms with Crippen molar-refractivity contribution in [2.24, 2.45) is 0 Å². The van der Waals surface area contributed by atoms with Crippen molar-refractivity contribution in [3.63, 3.8) is 0 Å². The van der Waals surface area contributed by atoms with Crippen LogP contribution < -0.4 is 5.36 Å². The molecule has 0 aliphatic rings. The van der Waals surface area contributed by atoms with E-state index in [2.05, 4.69) is 9.97 Å². The molecule has 0 spiro atoms. The minimum Gasteiger partial charge on any atom is -0.454 e. The summed E-state index contributed by atoms with van der Waals surface area (Å²) in [5.41, 5.74) is 4.08. The molecule has 0 unspecified atom stereocenters. The van der Waals surface area contributed by atoms with E-state index in [0.717, 1.165) is 15.6 Å². The molecule has 0 radical (unpaired) electrons. The van der Waals surface area contributed by atoms with E-state index >= 15 is 0 Å². The van der Waals surface area contributed by atoms with Gasteiger partial charge in [-0.1, -0.05) is 12.1 Å². The van der Waals surface area contributed by atoms with Gasteiger partial charge in [0.05, 0.1) is 21.1 Å². The monoisotopic (exact) mass is 279 g/mol. The summed E-state index contributed by atoms with van der Waals surface area (Å²) >= 11 is 1.56. The van der Waals surface area contributed by atoms with E-state index in [4.69, 9.17) is 9.83 Å². The second kappa shape index (κ2) is 4.25. The fourth-order valence-electron chi connectivity index (χ4n) is 2.16. The molecule has 4 nitrogen and oxygen atoms in total. The average molecular weight is 279 g/mol. The predicted octanol–water partition coefficient (Wildman–Crippen LogP) is 3.58. The van der Waals surface area contributed by atoms with Crippen LogP contribution in [0, 0.1) is 5.41 Å². The van der Waals surface area contributed by atoms with E-state index in [0.29, 0.717) is 22.4 Å². The van der Waals surface area contributed by atoms with Crippen molar-refractivity contribution in [2.75, 3.05) is 0 Å². The number of aromatic nitrogens is 2. The van der Waals surface area contributed by atoms with E-state index in [-0.39, 0.29) is 0 Å². The second-order valence-corrected chi connectivity index (χ2v) is 5.30. The minimum absolute atomic E-state index is 0.432. The highest BCUT2D eigenvalue weighted by atomic mass is 32.1. The number of nitrogens with zero attached hydrogens (tertiary/aromatic N) is 2. The zero-order chi connectivity index (χ0) is 13.5. The van der Waals surface area contributed by atoms with Gasteiger partial charge < -0.3 is 4.42 Å². The summed E-state index contributed by atoms with van der Waals surface area (Å²) in [5.74, 6) is 0.587. The van der Waals surface area contributed by atoms with Gasteiger partial charge in [0, 0.05) is 17.6 Å². The van der Waals surface area contributed by atoms with Crippen LogP contribution in [-0.2, 0) is 0 Å². The second-order valence-electron chi connectivity index (χ2n) is 4.41. The average Bonchev–Trinajstić information content (AvgIpc) is 2.94. The Morgan fingerprint density at radius 2 is 2.00 bits per heavy atom. The third kappa shape index (κ3) is 1.71. The molecule has 0 amide bonds. The van der Waals surface area contributed by atoms with Gasteiger partial charge in [-0.2, -0.15) is 0 Å². The fourth-order valence-corrected chi connectivity index (χ4v) is 2.79. The van der Waals surface area contributed by atoms with Gasteiger partial charge in [-0.25, -0.2) is 4.98 Å². The third-order valence-electron chi connectivity index (χ3n) is 3.14. The highest BCUT2D eigenvalue weighted by Crippen LogP contribution is 2.24. The molecular formula is C15H9N3OS. The van der Waals surface area contributed by atoms with Crippen LogP contribution in [0.15, 0.2) is 52.5 Å². The molecule has 4 aromatic rings. The Kier molecular flexibility index (Phi) is 2.40. The van der Waals surface area contributed by atoms with Gasteiger partial charge >= 0.3 is 0 Å². The first-order valence-electron chi connectivity index (χ1n) is 6.08. The summed E-state index contributed by atoms with van der Waals surface area (Å²) in [4.78, 5) is 8.67. The molecule has 5 heteroatoms. The van der Waals surface area contributed by atoms with E-state index in [1.54, 1.807) is 29.1 Å². The Hall–Kier alpha value is -2.53. The molecule has 1 N–H and O–H groups in total. The molecule has 0 saturated carbocycles. The van der Waals surface area contributed by atoms with Crippen LogP contribution in [0.5, 0.6) is 0 Å². The predicted molar refractivity (Wildman–Crippen MR) is 78.5 cm³/mol. The van der Waals surface area contributed by atoms with Gasteiger partial charge in [-0.05, 0) is 18.2 Å². The quantitative estimate of drug-likeness (QED) is 0.579. The van der Waals surface area contributed by atoms with Gasteiger partial charge in [-0.3, -0.25) is 10.4 Å². The smallest absolute Gasteiger partial charge is 0.155 e. The Morgan fingerprint density at radius 1 is 1.10 bits per heavy atom. The third-order valence-corrected chi connectivity index (χ3v) is 3.92. The lowest BCUT2D eigenvalue weighted by molar-refractivity contribution is 0.615. The van der Waals surface area contributed by atoms with E-state index in [9.17, 15) is 0 Å². The summed E-state index contributed by atoms with van der Waals surface area (Å²) in [5, 5.41) is 9.32. The molecule has 1 aromatic carbocycles. The number of nitrogens with one attached hydrogen (secondary N) is 1. The Labute approximate surface area is 117 Å². The highest BCUT2D eigenvalue weighted by molar-refractivity contribution is 7.16. The molecule has 20 heavy (non-hydrogen) atoms. The van der Waals surface area contributed by atoms with Crippen LogP contribution >= 0.6 is 11.3 Å². The first-order valence-corrected chi connectivity index (χ1v) is 6.96. The lowest BCUT2D eigenvalue weighted by atomic mass is 10.2. The van der Waals surface area contributed by atoms with Crippen LogP contribution in [0.1, 0.15) is 0 Å². The fraction of sp³-hybridized carbons (Fsp3) is 0. The van der Waals surface area contributed by atoms with Crippen LogP contribution in [-0.4, -0.2) is 9.97 Å². The molecule has 0 atom stereocenters. The van der Waals surface area contributed by atoms with Crippen molar-refractivity contribution in [3.05, 3.63) is 53.5 Å². The van der Waals surface area contributed by atoms with Crippen molar-refractivity contribution in [1.29, 1.82) is 5.41 Å². The van der Waals surface area contributed by atoms with Gasteiger partial charge in [0.15, 0.2) is 5.76 Å². The Bertz CT molecular complexity index is 987. The van der Waals surface area contributed by atoms with Gasteiger partial charge in [0.1, 0.15) is 11.3 Å². The lowest BCUT2D eigenvalue weighted by Gasteiger charge is -2.03. The van der Waals surface area contributed by atoms with Gasteiger partial charge in [0.2, 0.25) is 0 Å². The van der Waals surface area contributed by atoms with Crippen LogP contribution in [0.4, 0.5) is 0 Å². The largest absolute Gasteiger partial charge is 0.454 e. The molecule has 3 heterocycles. The number of pyridine rings is 1. The number of hydrogen-bond acceptors (Lipinski definition) is 5. The van der Waals surface area contributed by atoms with Crippen molar-refractivity contribution in [2.45, 2.75) is 0 Å². The summed E-state index contributed by atoms with van der Waals surface area (Å²) in [6.45, 7) is 0. The van der Waals surface area contributed by atoms with Crippen molar-refractivity contribution < 1.29 is 4.42 Å². The number of thiazole rings is 1. The number of fused-ring (bicyclic) bond motifs is 2. The molecule has 0 aliphatic carbocycles. The molecule has 0 fully saturated rings. The first kappa shape index (κ1) is 11.3. The highest BCUT2D eigenvalue weighted by Gasteiger charge is 2.08. The maximum atomic E-state index is 8.09. The SMILES string of the molecule is N=c1cc(-c2cc3ncsc3cn2)oc2ccccc12. The lowest BCUT2D eigenvalue weighted by Crippen LogP contribution is -2.00. The molecule has 0 aliphatic heterocycles. The Balaban J connectivity index is 1.99. The standard InChI is InChI=1S/C15H9N3OS/c16-10-5-14(19-13-4-2-1-3-9(10)13)11-6-12-15(7-17-11)20-8-18-12/h1-8,16H. The van der Waals surface area contributed by atoms with Gasteiger partial charge in [0.25, 0.3) is 0 Å². The van der Waals surface area contributed by atoms with Crippen LogP contribution in [0.2, 0.25) is 0 Å². The number of benzene rings is 1. The molecule has 96 valence electrons. The molecule has 4 rings (SSSR count). The summed E-state index contributed by atoms with van der Waals surface area (Å²) in [6.07, 6.45) is 1.79. The minimum atomic E-state index is 0.432. The number of hydrogen-bond donors (Lipinski definition) is 1. The van der Waals surface area contributed by atoms with E-state index in [1.165, 1.54) is 0 Å². The molecule has 3 aromatic heterocycles. The number of rotatable bonds is 1. The summed E-state index contributed by atoms with van der Waals surface area (Å²) in [6, 6.07) is 11.1. The molecule has 0 saturated heterocycles. The zero-order valence-electron chi connectivity index (χ0n) is 10.3. The van der Waals surface area contributed by atoms with Crippen molar-refractivity contribution in [3.8, 4) is 11.5 Å². The van der Waals surface area contributed by atoms with Crippen molar-refractivity contribution >= 4 is 32.5 Å². The molecule has 0 bridgehead atoms. The van der Waals surface area contributed by atoms with E-state index < -0.39 is 0 Å². The summed E-state index contributed by atoms with van der Waals surface area (Å²) < 4.78 is 6.89. The number of para-hydroxylation sites is 1. The Morgan fingerprint density at radius 3 is 2.95 bits per heavy atom. The van der Waals surface area contributed by atoms with Crippen LogP contribution in [0.25, 0.3) is 32.6 Å². The first-order chi connectivity index (χ1) is 9.81. The van der Waals surface area contributed by atoms with Gasteiger partial charge in [-0.15, -0.1) is 11.3 Å². The normalized spacial score (nSPS) is 11.2. The maximum absolute atomic E-state index is 8.09.